The molecule has 1 N–H and O–H groups in total. The smallest absolute Gasteiger partial charge is 0.167 e. The monoisotopic (exact) mass is 273 g/mol. The predicted molar refractivity (Wildman–Crippen MR) is 79.6 cm³/mol. The molecule has 0 heterocycles. The van der Waals surface area contributed by atoms with Gasteiger partial charge in [-0.25, -0.2) is 4.39 Å². The van der Waals surface area contributed by atoms with Gasteiger partial charge in [0.25, 0.3) is 0 Å². The molecule has 0 amide bonds. The Bertz CT molecular complexity index is 581. The molecular formula is C17H20FNO. The molecule has 0 saturated heterocycles. The van der Waals surface area contributed by atoms with Crippen molar-refractivity contribution in [2.45, 2.75) is 33.4 Å². The maximum Gasteiger partial charge on any atom is 0.167 e. The first-order valence-corrected chi connectivity index (χ1v) is 6.82. The van der Waals surface area contributed by atoms with Crippen LogP contribution in [0.4, 0.5) is 4.39 Å². The van der Waals surface area contributed by atoms with Crippen LogP contribution >= 0.6 is 0 Å². The summed E-state index contributed by atoms with van der Waals surface area (Å²) in [5.41, 5.74) is 1.81. The molecule has 0 atom stereocenters. The van der Waals surface area contributed by atoms with Crippen LogP contribution in [0.5, 0.6) is 11.5 Å². The van der Waals surface area contributed by atoms with Gasteiger partial charge in [0.15, 0.2) is 11.6 Å². The second-order valence-electron chi connectivity index (χ2n) is 5.13. The number of halogens is 1. The molecule has 0 unspecified atom stereocenters. The van der Waals surface area contributed by atoms with Crippen molar-refractivity contribution in [1.29, 1.82) is 0 Å². The molecule has 2 rings (SSSR count). The van der Waals surface area contributed by atoms with Gasteiger partial charge in [-0.05, 0) is 24.6 Å². The molecule has 0 aromatic heterocycles. The molecule has 0 radical (unpaired) electrons. The average Bonchev–Trinajstić information content (AvgIpc) is 2.41. The van der Waals surface area contributed by atoms with Crippen LogP contribution in [0.15, 0.2) is 42.5 Å². The van der Waals surface area contributed by atoms with E-state index in [0.717, 1.165) is 11.1 Å². The third-order valence-electron chi connectivity index (χ3n) is 3.05. The topological polar surface area (TPSA) is 21.3 Å². The van der Waals surface area contributed by atoms with Gasteiger partial charge in [-0.15, -0.1) is 0 Å². The molecule has 0 aliphatic heterocycles. The maximum absolute atomic E-state index is 14.0. The number of nitrogens with one attached hydrogen (secondary N) is 1. The van der Waals surface area contributed by atoms with Gasteiger partial charge >= 0.3 is 0 Å². The van der Waals surface area contributed by atoms with Crippen LogP contribution in [0, 0.1) is 12.7 Å². The molecule has 0 fully saturated rings. The van der Waals surface area contributed by atoms with Crippen LogP contribution in [0.2, 0.25) is 0 Å². The highest BCUT2D eigenvalue weighted by atomic mass is 19.1. The fourth-order valence-electron chi connectivity index (χ4n) is 1.90. The van der Waals surface area contributed by atoms with Gasteiger partial charge in [0.2, 0.25) is 0 Å². The van der Waals surface area contributed by atoms with Gasteiger partial charge in [-0.1, -0.05) is 44.2 Å². The van der Waals surface area contributed by atoms with Crippen LogP contribution in [0.3, 0.4) is 0 Å². The molecule has 0 saturated carbocycles. The fraction of sp³-hybridized carbons (Fsp3) is 0.294. The lowest BCUT2D eigenvalue weighted by atomic mass is 10.1. The Hall–Kier alpha value is -1.87. The molecule has 0 aliphatic rings. The number of aryl methyl sites for hydroxylation is 1. The van der Waals surface area contributed by atoms with E-state index >= 15 is 0 Å². The van der Waals surface area contributed by atoms with Gasteiger partial charge in [-0.2, -0.15) is 0 Å². The Kier molecular flexibility index (Phi) is 4.74. The van der Waals surface area contributed by atoms with E-state index in [2.05, 4.69) is 19.2 Å². The highest BCUT2D eigenvalue weighted by Crippen LogP contribution is 2.30. The van der Waals surface area contributed by atoms with Gasteiger partial charge in [0.05, 0.1) is 0 Å². The Morgan fingerprint density at radius 3 is 2.55 bits per heavy atom. The molecule has 2 nitrogen and oxygen atoms in total. The zero-order valence-corrected chi connectivity index (χ0v) is 12.1. The second kappa shape index (κ2) is 6.53. The molecule has 2 aromatic rings. The van der Waals surface area contributed by atoms with E-state index in [1.165, 1.54) is 6.07 Å². The average molecular weight is 273 g/mol. The van der Waals surface area contributed by atoms with Crippen molar-refractivity contribution in [1.82, 2.24) is 5.32 Å². The zero-order chi connectivity index (χ0) is 14.5. The molecular weight excluding hydrogens is 253 g/mol. The number of ether oxygens (including phenoxy) is 1. The summed E-state index contributed by atoms with van der Waals surface area (Å²) >= 11 is 0. The van der Waals surface area contributed by atoms with Crippen molar-refractivity contribution >= 4 is 0 Å². The maximum atomic E-state index is 14.0. The van der Waals surface area contributed by atoms with Crippen molar-refractivity contribution in [3.8, 4) is 11.5 Å². The van der Waals surface area contributed by atoms with E-state index < -0.39 is 0 Å². The zero-order valence-electron chi connectivity index (χ0n) is 12.1. The second-order valence-corrected chi connectivity index (χ2v) is 5.13. The Labute approximate surface area is 119 Å². The van der Waals surface area contributed by atoms with Gasteiger partial charge < -0.3 is 10.1 Å². The minimum atomic E-state index is -0.337. The molecule has 0 aliphatic carbocycles. The van der Waals surface area contributed by atoms with E-state index in [4.69, 9.17) is 4.74 Å². The molecule has 2 aromatic carbocycles. The van der Waals surface area contributed by atoms with Crippen molar-refractivity contribution in [3.05, 3.63) is 59.4 Å². The summed E-state index contributed by atoms with van der Waals surface area (Å²) < 4.78 is 19.8. The lowest BCUT2D eigenvalue weighted by Crippen LogP contribution is -2.22. The third kappa shape index (κ3) is 3.58. The van der Waals surface area contributed by atoms with Crippen molar-refractivity contribution in [3.63, 3.8) is 0 Å². The van der Waals surface area contributed by atoms with Crippen molar-refractivity contribution < 1.29 is 9.13 Å². The largest absolute Gasteiger partial charge is 0.454 e. The highest BCUT2D eigenvalue weighted by molar-refractivity contribution is 5.41. The predicted octanol–water partition coefficient (Wildman–Crippen LogP) is 4.42. The van der Waals surface area contributed by atoms with Crippen LogP contribution in [0.1, 0.15) is 25.0 Å². The Morgan fingerprint density at radius 2 is 1.85 bits per heavy atom. The van der Waals surface area contributed by atoms with E-state index in [1.54, 1.807) is 6.07 Å². The first kappa shape index (κ1) is 14.5. The summed E-state index contributed by atoms with van der Waals surface area (Å²) in [6.07, 6.45) is 0. The minimum absolute atomic E-state index is 0.301. The van der Waals surface area contributed by atoms with Crippen molar-refractivity contribution in [2.24, 2.45) is 0 Å². The third-order valence-corrected chi connectivity index (χ3v) is 3.05. The number of hydrogen-bond donors (Lipinski definition) is 1. The molecule has 3 heteroatoms. The lowest BCUT2D eigenvalue weighted by Gasteiger charge is -2.15. The Balaban J connectivity index is 2.28. The van der Waals surface area contributed by atoms with Gasteiger partial charge in [0, 0.05) is 18.2 Å². The number of rotatable bonds is 5. The first-order valence-electron chi connectivity index (χ1n) is 6.82. The molecule has 106 valence electrons. The summed E-state index contributed by atoms with van der Waals surface area (Å²) in [5, 5.41) is 3.28. The van der Waals surface area contributed by atoms with Crippen LogP contribution in [-0.2, 0) is 6.54 Å². The standard InChI is InChI=1S/C17H20FNO/c1-12(2)19-11-14-8-6-9-15(18)17(14)20-16-10-5-4-7-13(16)3/h4-10,12,19H,11H2,1-3H3. The minimum Gasteiger partial charge on any atom is -0.454 e. The number of hydrogen-bond acceptors (Lipinski definition) is 2. The van der Waals surface area contributed by atoms with E-state index in [1.807, 2.05) is 37.3 Å². The van der Waals surface area contributed by atoms with Crippen LogP contribution < -0.4 is 10.1 Å². The van der Waals surface area contributed by atoms with Gasteiger partial charge in [0.1, 0.15) is 5.75 Å². The normalized spacial score (nSPS) is 10.8. The SMILES string of the molecule is Cc1ccccc1Oc1c(F)cccc1CNC(C)C. The molecule has 20 heavy (non-hydrogen) atoms. The summed E-state index contributed by atoms with van der Waals surface area (Å²) in [6, 6.07) is 13.0. The summed E-state index contributed by atoms with van der Waals surface area (Å²) in [5.74, 6) is 0.648. The van der Waals surface area contributed by atoms with E-state index in [0.29, 0.717) is 24.1 Å². The summed E-state index contributed by atoms with van der Waals surface area (Å²) in [4.78, 5) is 0. The van der Waals surface area contributed by atoms with Crippen molar-refractivity contribution in [2.75, 3.05) is 0 Å². The van der Waals surface area contributed by atoms with Crippen LogP contribution in [-0.4, -0.2) is 6.04 Å². The summed E-state index contributed by atoms with van der Waals surface area (Å²) in [7, 11) is 0. The van der Waals surface area contributed by atoms with Gasteiger partial charge in [-0.3, -0.25) is 0 Å². The molecule has 0 spiro atoms. The number of para-hydroxylation sites is 2. The molecule has 0 bridgehead atoms. The fourth-order valence-corrected chi connectivity index (χ4v) is 1.90. The van der Waals surface area contributed by atoms with E-state index in [-0.39, 0.29) is 5.82 Å². The first-order chi connectivity index (χ1) is 9.58. The van der Waals surface area contributed by atoms with E-state index in [9.17, 15) is 4.39 Å². The van der Waals surface area contributed by atoms with Crippen LogP contribution in [0.25, 0.3) is 0 Å². The highest BCUT2D eigenvalue weighted by Gasteiger charge is 2.12. The lowest BCUT2D eigenvalue weighted by molar-refractivity contribution is 0.429. The number of benzene rings is 2. The quantitative estimate of drug-likeness (QED) is 0.870. The Morgan fingerprint density at radius 1 is 1.10 bits per heavy atom. The summed E-state index contributed by atoms with van der Waals surface area (Å²) in [6.45, 7) is 6.64.